The van der Waals surface area contributed by atoms with E-state index in [9.17, 15) is 4.79 Å². The lowest BCUT2D eigenvalue weighted by atomic mass is 10.2. The number of carbonyl (C=O) groups is 1. The van der Waals surface area contributed by atoms with E-state index >= 15 is 0 Å². The van der Waals surface area contributed by atoms with Crippen molar-refractivity contribution >= 4 is 41.0 Å². The van der Waals surface area contributed by atoms with Crippen molar-refractivity contribution in [2.45, 2.75) is 6.92 Å². The molecule has 0 spiro atoms. The number of amides is 1. The van der Waals surface area contributed by atoms with Crippen LogP contribution >= 0.6 is 23.2 Å². The zero-order chi connectivity index (χ0) is 15.9. The van der Waals surface area contributed by atoms with Crippen LogP contribution in [0.5, 0.6) is 0 Å². The van der Waals surface area contributed by atoms with Crippen LogP contribution in [0.3, 0.4) is 0 Å². The number of carbonyl (C=O) groups excluding carboxylic acids is 1. The van der Waals surface area contributed by atoms with Gasteiger partial charge in [0, 0.05) is 15.7 Å². The first-order valence-corrected chi connectivity index (χ1v) is 7.38. The molecule has 0 aliphatic heterocycles. The molecule has 0 unspecified atom stereocenters. The standard InChI is InChI=1S/C16H15Cl2N3O/c1-11-8-14(18)6-7-15(11)19-10-16(22)21-20-9-12-2-4-13(17)5-3-12/h2-9,19H,10H2,1H3,(H,21,22)/b20-9+. The van der Waals surface area contributed by atoms with E-state index in [1.54, 1.807) is 24.4 Å². The fraction of sp³-hybridized carbons (Fsp3) is 0.125. The smallest absolute Gasteiger partial charge is 0.259 e. The molecule has 0 heterocycles. The van der Waals surface area contributed by atoms with E-state index in [-0.39, 0.29) is 12.5 Å². The van der Waals surface area contributed by atoms with Gasteiger partial charge in [-0.25, -0.2) is 5.43 Å². The van der Waals surface area contributed by atoms with E-state index in [2.05, 4.69) is 15.8 Å². The molecule has 0 bridgehead atoms. The Kier molecular flexibility index (Phi) is 5.81. The molecule has 0 saturated carbocycles. The van der Waals surface area contributed by atoms with Crippen LogP contribution in [0.25, 0.3) is 0 Å². The zero-order valence-electron chi connectivity index (χ0n) is 11.9. The number of hydrogen-bond acceptors (Lipinski definition) is 3. The second-order valence-corrected chi connectivity index (χ2v) is 5.53. The zero-order valence-corrected chi connectivity index (χ0v) is 13.4. The van der Waals surface area contributed by atoms with Crippen LogP contribution in [0, 0.1) is 6.92 Å². The van der Waals surface area contributed by atoms with E-state index in [0.717, 1.165) is 16.8 Å². The van der Waals surface area contributed by atoms with Crippen LogP contribution in [0.1, 0.15) is 11.1 Å². The molecule has 0 aromatic heterocycles. The molecule has 0 fully saturated rings. The van der Waals surface area contributed by atoms with Crippen molar-refractivity contribution in [3.05, 3.63) is 63.6 Å². The van der Waals surface area contributed by atoms with Crippen LogP contribution in [0.15, 0.2) is 47.6 Å². The summed E-state index contributed by atoms with van der Waals surface area (Å²) in [5, 5.41) is 8.25. The average Bonchev–Trinajstić information content (AvgIpc) is 2.48. The summed E-state index contributed by atoms with van der Waals surface area (Å²) in [4.78, 5) is 11.7. The summed E-state index contributed by atoms with van der Waals surface area (Å²) in [7, 11) is 0. The number of halogens is 2. The van der Waals surface area contributed by atoms with Crippen LogP contribution < -0.4 is 10.7 Å². The summed E-state index contributed by atoms with van der Waals surface area (Å²) in [6.45, 7) is 2.05. The lowest BCUT2D eigenvalue weighted by Crippen LogP contribution is -2.26. The molecule has 0 atom stereocenters. The lowest BCUT2D eigenvalue weighted by Gasteiger charge is -2.08. The highest BCUT2D eigenvalue weighted by molar-refractivity contribution is 6.31. The Bertz CT molecular complexity index is 684. The molecule has 6 heteroatoms. The van der Waals surface area contributed by atoms with Gasteiger partial charge >= 0.3 is 0 Å². The second kappa shape index (κ2) is 7.82. The Morgan fingerprint density at radius 1 is 1.14 bits per heavy atom. The quantitative estimate of drug-likeness (QED) is 0.643. The third-order valence-corrected chi connectivity index (χ3v) is 3.39. The molecule has 1 amide bonds. The molecule has 0 radical (unpaired) electrons. The largest absolute Gasteiger partial charge is 0.376 e. The van der Waals surface area contributed by atoms with Crippen molar-refractivity contribution in [2.24, 2.45) is 5.10 Å². The van der Waals surface area contributed by atoms with Crippen molar-refractivity contribution in [1.29, 1.82) is 0 Å². The number of nitrogens with one attached hydrogen (secondary N) is 2. The summed E-state index contributed by atoms with van der Waals surface area (Å²) in [6, 6.07) is 12.6. The molecule has 0 aliphatic rings. The van der Waals surface area contributed by atoms with Gasteiger partial charge in [0.2, 0.25) is 0 Å². The molecule has 0 saturated heterocycles. The first kappa shape index (κ1) is 16.3. The van der Waals surface area contributed by atoms with Gasteiger partial charge in [-0.2, -0.15) is 5.10 Å². The van der Waals surface area contributed by atoms with Gasteiger partial charge in [-0.3, -0.25) is 4.79 Å². The van der Waals surface area contributed by atoms with Gasteiger partial charge in [0.1, 0.15) is 0 Å². The minimum absolute atomic E-state index is 0.125. The minimum atomic E-state index is -0.237. The van der Waals surface area contributed by atoms with E-state index in [4.69, 9.17) is 23.2 Å². The predicted molar refractivity (Wildman–Crippen MR) is 91.9 cm³/mol. The Hall–Kier alpha value is -2.04. The third-order valence-electron chi connectivity index (χ3n) is 2.90. The Labute approximate surface area is 139 Å². The molecular formula is C16H15Cl2N3O. The Morgan fingerprint density at radius 2 is 1.82 bits per heavy atom. The highest BCUT2D eigenvalue weighted by Crippen LogP contribution is 2.19. The van der Waals surface area contributed by atoms with Crippen molar-refractivity contribution in [2.75, 3.05) is 11.9 Å². The number of anilines is 1. The number of nitrogens with zero attached hydrogens (tertiary/aromatic N) is 1. The molecule has 2 N–H and O–H groups in total. The molecule has 4 nitrogen and oxygen atoms in total. The number of benzene rings is 2. The minimum Gasteiger partial charge on any atom is -0.376 e. The average molecular weight is 336 g/mol. The van der Waals surface area contributed by atoms with E-state index in [1.165, 1.54) is 0 Å². The maximum Gasteiger partial charge on any atom is 0.259 e. The maximum atomic E-state index is 11.7. The molecule has 2 aromatic rings. The summed E-state index contributed by atoms with van der Waals surface area (Å²) in [5.41, 5.74) is 5.15. The number of rotatable bonds is 5. The van der Waals surface area contributed by atoms with Crippen molar-refractivity contribution in [3.63, 3.8) is 0 Å². The van der Waals surface area contributed by atoms with Gasteiger partial charge in [-0.1, -0.05) is 35.3 Å². The second-order valence-electron chi connectivity index (χ2n) is 4.66. The van der Waals surface area contributed by atoms with Gasteiger partial charge in [-0.05, 0) is 48.4 Å². The van der Waals surface area contributed by atoms with Gasteiger partial charge in [0.15, 0.2) is 0 Å². The Balaban J connectivity index is 1.81. The van der Waals surface area contributed by atoms with E-state index in [0.29, 0.717) is 10.0 Å². The first-order chi connectivity index (χ1) is 10.5. The monoisotopic (exact) mass is 335 g/mol. The first-order valence-electron chi connectivity index (χ1n) is 6.62. The predicted octanol–water partition coefficient (Wildman–Crippen LogP) is 3.86. The lowest BCUT2D eigenvalue weighted by molar-refractivity contribution is -0.119. The highest BCUT2D eigenvalue weighted by Gasteiger charge is 2.02. The normalized spacial score (nSPS) is 10.7. The SMILES string of the molecule is Cc1cc(Cl)ccc1NCC(=O)N/N=C/c1ccc(Cl)cc1. The third kappa shape index (κ3) is 5.06. The van der Waals surface area contributed by atoms with Gasteiger partial charge < -0.3 is 5.32 Å². The molecule has 0 aliphatic carbocycles. The van der Waals surface area contributed by atoms with Crippen LogP contribution in [0.4, 0.5) is 5.69 Å². The van der Waals surface area contributed by atoms with E-state index in [1.807, 2.05) is 31.2 Å². The Morgan fingerprint density at radius 3 is 2.50 bits per heavy atom. The van der Waals surface area contributed by atoms with Gasteiger partial charge in [0.05, 0.1) is 12.8 Å². The van der Waals surface area contributed by atoms with Gasteiger partial charge in [-0.15, -0.1) is 0 Å². The van der Waals surface area contributed by atoms with Crippen molar-refractivity contribution < 1.29 is 4.79 Å². The number of hydrogen-bond donors (Lipinski definition) is 2. The number of hydrazone groups is 1. The van der Waals surface area contributed by atoms with Gasteiger partial charge in [0.25, 0.3) is 5.91 Å². The molecular weight excluding hydrogens is 321 g/mol. The van der Waals surface area contributed by atoms with Crippen LogP contribution in [0.2, 0.25) is 10.0 Å². The summed E-state index contributed by atoms with van der Waals surface area (Å²) >= 11 is 11.7. The fourth-order valence-electron chi connectivity index (χ4n) is 1.77. The van der Waals surface area contributed by atoms with Crippen LogP contribution in [-0.4, -0.2) is 18.7 Å². The highest BCUT2D eigenvalue weighted by atomic mass is 35.5. The van der Waals surface area contributed by atoms with Crippen molar-refractivity contribution in [1.82, 2.24) is 5.43 Å². The summed E-state index contributed by atoms with van der Waals surface area (Å²) < 4.78 is 0. The fourth-order valence-corrected chi connectivity index (χ4v) is 2.12. The number of aryl methyl sites for hydroxylation is 1. The maximum absolute atomic E-state index is 11.7. The van der Waals surface area contributed by atoms with E-state index < -0.39 is 0 Å². The molecule has 2 rings (SSSR count). The topological polar surface area (TPSA) is 53.5 Å². The molecule has 2 aromatic carbocycles. The molecule has 22 heavy (non-hydrogen) atoms. The molecule has 114 valence electrons. The summed E-state index contributed by atoms with van der Waals surface area (Å²) in [5.74, 6) is -0.237. The summed E-state index contributed by atoms with van der Waals surface area (Å²) in [6.07, 6.45) is 1.56. The van der Waals surface area contributed by atoms with Crippen molar-refractivity contribution in [3.8, 4) is 0 Å². The van der Waals surface area contributed by atoms with Crippen LogP contribution in [-0.2, 0) is 4.79 Å².